The molecule has 2 aromatic rings. The standard InChI is InChI=1S/C17H19N3O/c1-5-14-10-16(18-3)12(2)20-17(14)19-11-13-6-8-15(21-4)9-7-13/h6-10H,5,11H2,1-2,4H3,(H,19,20). The van der Waals surface area contributed by atoms with Gasteiger partial charge in [0.1, 0.15) is 11.6 Å². The lowest BCUT2D eigenvalue weighted by atomic mass is 10.1. The third-order valence-corrected chi connectivity index (χ3v) is 3.39. The molecular weight excluding hydrogens is 262 g/mol. The monoisotopic (exact) mass is 281 g/mol. The molecule has 0 aliphatic rings. The number of methoxy groups -OCH3 is 1. The van der Waals surface area contributed by atoms with E-state index in [0.717, 1.165) is 34.8 Å². The molecule has 0 bridgehead atoms. The molecule has 0 amide bonds. The van der Waals surface area contributed by atoms with Crippen LogP contribution in [0.25, 0.3) is 4.85 Å². The minimum atomic E-state index is 0.627. The minimum absolute atomic E-state index is 0.627. The van der Waals surface area contributed by atoms with Gasteiger partial charge in [0, 0.05) is 12.2 Å². The molecule has 1 aromatic carbocycles. The van der Waals surface area contributed by atoms with Crippen molar-refractivity contribution < 1.29 is 4.74 Å². The number of aromatic nitrogens is 1. The van der Waals surface area contributed by atoms with Crippen LogP contribution in [-0.4, -0.2) is 12.1 Å². The Balaban J connectivity index is 2.15. The highest BCUT2D eigenvalue weighted by molar-refractivity contribution is 5.58. The van der Waals surface area contributed by atoms with E-state index < -0.39 is 0 Å². The Kier molecular flexibility index (Phi) is 4.78. The van der Waals surface area contributed by atoms with Crippen LogP contribution in [0.15, 0.2) is 30.3 Å². The zero-order valence-corrected chi connectivity index (χ0v) is 12.6. The second kappa shape index (κ2) is 6.76. The quantitative estimate of drug-likeness (QED) is 0.838. The van der Waals surface area contributed by atoms with Gasteiger partial charge in [-0.05, 0) is 42.7 Å². The maximum absolute atomic E-state index is 7.15. The first-order valence-corrected chi connectivity index (χ1v) is 6.92. The highest BCUT2D eigenvalue weighted by atomic mass is 16.5. The summed E-state index contributed by atoms with van der Waals surface area (Å²) < 4.78 is 5.15. The molecule has 0 aliphatic heterocycles. The lowest BCUT2D eigenvalue weighted by Gasteiger charge is -2.12. The summed E-state index contributed by atoms with van der Waals surface area (Å²) >= 11 is 0. The van der Waals surface area contributed by atoms with Gasteiger partial charge < -0.3 is 10.1 Å². The number of pyridine rings is 1. The molecule has 2 rings (SSSR count). The van der Waals surface area contributed by atoms with Gasteiger partial charge in [-0.1, -0.05) is 19.1 Å². The summed E-state index contributed by atoms with van der Waals surface area (Å²) in [5.74, 6) is 1.71. The summed E-state index contributed by atoms with van der Waals surface area (Å²) in [4.78, 5) is 8.02. The van der Waals surface area contributed by atoms with E-state index in [1.54, 1.807) is 7.11 Å². The molecule has 1 N–H and O–H groups in total. The van der Waals surface area contributed by atoms with Crippen molar-refractivity contribution in [2.24, 2.45) is 0 Å². The van der Waals surface area contributed by atoms with Gasteiger partial charge >= 0.3 is 0 Å². The van der Waals surface area contributed by atoms with Crippen LogP contribution in [0.3, 0.4) is 0 Å². The van der Waals surface area contributed by atoms with E-state index in [4.69, 9.17) is 11.3 Å². The fraction of sp³-hybridized carbons (Fsp3) is 0.294. The molecule has 4 heteroatoms. The molecule has 0 spiro atoms. The SMILES string of the molecule is [C-]#[N+]c1cc(CC)c(NCc2ccc(OC)cc2)nc1C. The number of nitrogens with one attached hydrogen (secondary N) is 1. The highest BCUT2D eigenvalue weighted by Gasteiger charge is 2.08. The molecule has 4 nitrogen and oxygen atoms in total. The van der Waals surface area contributed by atoms with Crippen LogP contribution in [0, 0.1) is 13.5 Å². The van der Waals surface area contributed by atoms with Crippen molar-refractivity contribution in [3.05, 3.63) is 58.6 Å². The first-order valence-electron chi connectivity index (χ1n) is 6.92. The van der Waals surface area contributed by atoms with Crippen LogP contribution < -0.4 is 10.1 Å². The third kappa shape index (κ3) is 3.51. The van der Waals surface area contributed by atoms with E-state index in [2.05, 4.69) is 22.1 Å². The number of nitrogens with zero attached hydrogens (tertiary/aromatic N) is 2. The predicted molar refractivity (Wildman–Crippen MR) is 84.9 cm³/mol. The van der Waals surface area contributed by atoms with E-state index >= 15 is 0 Å². The Labute approximate surface area is 125 Å². The average Bonchev–Trinajstić information content (AvgIpc) is 2.53. The van der Waals surface area contributed by atoms with E-state index in [1.807, 2.05) is 37.3 Å². The van der Waals surface area contributed by atoms with Crippen molar-refractivity contribution in [3.8, 4) is 5.75 Å². The van der Waals surface area contributed by atoms with Crippen molar-refractivity contribution in [1.82, 2.24) is 4.98 Å². The van der Waals surface area contributed by atoms with Crippen molar-refractivity contribution in [2.75, 3.05) is 12.4 Å². The fourth-order valence-corrected chi connectivity index (χ4v) is 2.10. The number of anilines is 1. The number of aryl methyl sites for hydroxylation is 2. The van der Waals surface area contributed by atoms with Gasteiger partial charge in [-0.3, -0.25) is 0 Å². The minimum Gasteiger partial charge on any atom is -0.497 e. The van der Waals surface area contributed by atoms with Crippen molar-refractivity contribution in [2.45, 2.75) is 26.8 Å². The van der Waals surface area contributed by atoms with E-state index in [9.17, 15) is 0 Å². The number of hydrogen-bond acceptors (Lipinski definition) is 3. The Morgan fingerprint density at radius 3 is 2.57 bits per heavy atom. The molecule has 108 valence electrons. The summed E-state index contributed by atoms with van der Waals surface area (Å²) in [6.45, 7) is 11.8. The topological polar surface area (TPSA) is 38.5 Å². The Bertz CT molecular complexity index is 657. The fourth-order valence-electron chi connectivity index (χ4n) is 2.10. The molecule has 0 radical (unpaired) electrons. The number of rotatable bonds is 5. The van der Waals surface area contributed by atoms with E-state index in [0.29, 0.717) is 12.2 Å². The van der Waals surface area contributed by atoms with Gasteiger partial charge in [0.05, 0.1) is 13.7 Å². The molecule has 0 aliphatic carbocycles. The van der Waals surface area contributed by atoms with Gasteiger partial charge in [0.15, 0.2) is 0 Å². The molecule has 0 saturated carbocycles. The molecule has 0 atom stereocenters. The lowest BCUT2D eigenvalue weighted by molar-refractivity contribution is 0.414. The normalized spacial score (nSPS) is 10.0. The van der Waals surface area contributed by atoms with Gasteiger partial charge in [-0.25, -0.2) is 9.83 Å². The maximum atomic E-state index is 7.15. The molecule has 1 heterocycles. The molecular formula is C17H19N3O. The molecule has 0 saturated heterocycles. The zero-order valence-electron chi connectivity index (χ0n) is 12.6. The lowest BCUT2D eigenvalue weighted by Crippen LogP contribution is -2.05. The largest absolute Gasteiger partial charge is 0.497 e. The molecule has 1 aromatic heterocycles. The predicted octanol–water partition coefficient (Wildman–Crippen LogP) is 4.12. The summed E-state index contributed by atoms with van der Waals surface area (Å²) in [6, 6.07) is 9.86. The summed E-state index contributed by atoms with van der Waals surface area (Å²) in [5.41, 5.74) is 3.62. The van der Waals surface area contributed by atoms with Gasteiger partial charge in [0.2, 0.25) is 5.69 Å². The van der Waals surface area contributed by atoms with Crippen LogP contribution in [0.1, 0.15) is 23.7 Å². The van der Waals surface area contributed by atoms with Crippen molar-refractivity contribution >= 4 is 11.5 Å². The zero-order chi connectivity index (χ0) is 15.2. The van der Waals surface area contributed by atoms with E-state index in [-0.39, 0.29) is 0 Å². The second-order valence-electron chi connectivity index (χ2n) is 4.77. The highest BCUT2D eigenvalue weighted by Crippen LogP contribution is 2.24. The Morgan fingerprint density at radius 2 is 2.00 bits per heavy atom. The number of hydrogen-bond donors (Lipinski definition) is 1. The van der Waals surface area contributed by atoms with Crippen molar-refractivity contribution in [1.29, 1.82) is 0 Å². The second-order valence-corrected chi connectivity index (χ2v) is 4.77. The molecule has 0 unspecified atom stereocenters. The van der Waals surface area contributed by atoms with Crippen LogP contribution in [0.5, 0.6) is 5.75 Å². The number of benzene rings is 1. The van der Waals surface area contributed by atoms with Crippen LogP contribution in [-0.2, 0) is 13.0 Å². The van der Waals surface area contributed by atoms with Crippen LogP contribution in [0.4, 0.5) is 11.5 Å². The van der Waals surface area contributed by atoms with Gasteiger partial charge in [0.25, 0.3) is 0 Å². The number of ether oxygens (including phenoxy) is 1. The Hall–Kier alpha value is -2.54. The third-order valence-electron chi connectivity index (χ3n) is 3.39. The summed E-state index contributed by atoms with van der Waals surface area (Å²) in [6.07, 6.45) is 0.848. The van der Waals surface area contributed by atoms with Gasteiger partial charge in [-0.2, -0.15) is 0 Å². The van der Waals surface area contributed by atoms with Crippen molar-refractivity contribution in [3.63, 3.8) is 0 Å². The molecule has 21 heavy (non-hydrogen) atoms. The van der Waals surface area contributed by atoms with Crippen LogP contribution >= 0.6 is 0 Å². The maximum Gasteiger partial charge on any atom is 0.208 e. The smallest absolute Gasteiger partial charge is 0.208 e. The molecule has 0 fully saturated rings. The first-order chi connectivity index (χ1) is 10.2. The summed E-state index contributed by atoms with van der Waals surface area (Å²) in [5, 5.41) is 3.36. The van der Waals surface area contributed by atoms with E-state index in [1.165, 1.54) is 0 Å². The first kappa shape index (κ1) is 14.9. The Morgan fingerprint density at radius 1 is 1.29 bits per heavy atom. The summed E-state index contributed by atoms with van der Waals surface area (Å²) in [7, 11) is 1.66. The van der Waals surface area contributed by atoms with Gasteiger partial charge in [-0.15, -0.1) is 0 Å². The average molecular weight is 281 g/mol. The van der Waals surface area contributed by atoms with Crippen LogP contribution in [0.2, 0.25) is 0 Å².